The largest absolute Gasteiger partial charge is 0.331 e. The molecule has 0 unspecified atom stereocenters. The molecule has 0 amide bonds. The van der Waals surface area contributed by atoms with E-state index >= 15 is 0 Å². The van der Waals surface area contributed by atoms with Crippen molar-refractivity contribution in [1.82, 2.24) is 9.13 Å². The van der Waals surface area contributed by atoms with Gasteiger partial charge in [-0.2, -0.15) is 0 Å². The summed E-state index contributed by atoms with van der Waals surface area (Å²) in [6.45, 7) is 4.75. The van der Waals surface area contributed by atoms with E-state index in [0.717, 1.165) is 11.1 Å². The van der Waals surface area contributed by atoms with E-state index in [-0.39, 0.29) is 11.2 Å². The second kappa shape index (κ2) is 5.73. The van der Waals surface area contributed by atoms with Crippen molar-refractivity contribution in [3.63, 3.8) is 0 Å². The van der Waals surface area contributed by atoms with Gasteiger partial charge in [0.15, 0.2) is 0 Å². The van der Waals surface area contributed by atoms with Gasteiger partial charge in [-0.05, 0) is 47.6 Å². The summed E-state index contributed by atoms with van der Waals surface area (Å²) in [5.74, 6) is 0. The van der Waals surface area contributed by atoms with Crippen LogP contribution in [0.2, 0.25) is 0 Å². The van der Waals surface area contributed by atoms with Crippen molar-refractivity contribution in [3.05, 3.63) is 66.0 Å². The normalized spacial score (nSPS) is 10.7. The van der Waals surface area contributed by atoms with E-state index in [1.165, 1.54) is 4.57 Å². The first-order valence-electron chi connectivity index (χ1n) is 6.09. The van der Waals surface area contributed by atoms with Crippen LogP contribution in [-0.4, -0.2) is 9.13 Å². The van der Waals surface area contributed by atoms with Crippen molar-refractivity contribution in [3.8, 4) is 0 Å². The average molecular weight is 370 g/mol. The summed E-state index contributed by atoms with van der Waals surface area (Å²) in [5, 5.41) is 0. The van der Waals surface area contributed by atoms with E-state index in [0.29, 0.717) is 16.7 Å². The smallest absolute Gasteiger partial charge is 0.300 e. The van der Waals surface area contributed by atoms with Crippen LogP contribution < -0.4 is 11.2 Å². The number of rotatable bonds is 3. The van der Waals surface area contributed by atoms with Crippen molar-refractivity contribution in [2.24, 2.45) is 0 Å². The summed E-state index contributed by atoms with van der Waals surface area (Å²) < 4.78 is 3.42. The Hall–Kier alpha value is -1.37. The molecule has 19 heavy (non-hydrogen) atoms. The minimum absolute atomic E-state index is 0.224. The number of halogens is 1. The first-order chi connectivity index (χ1) is 9.04. The quantitative estimate of drug-likeness (QED) is 0.776. The lowest BCUT2D eigenvalue weighted by Gasteiger charge is -2.11. The van der Waals surface area contributed by atoms with E-state index in [1.807, 2.05) is 60.7 Å². The lowest BCUT2D eigenvalue weighted by molar-refractivity contribution is 0.594. The van der Waals surface area contributed by atoms with Crippen LogP contribution in [0.15, 0.2) is 40.1 Å². The molecule has 1 heterocycles. The molecule has 0 saturated carbocycles. The van der Waals surface area contributed by atoms with Crippen LogP contribution in [0.1, 0.15) is 18.1 Å². The molecule has 4 nitrogen and oxygen atoms in total. The second-order valence-electron chi connectivity index (χ2n) is 4.36. The van der Waals surface area contributed by atoms with Gasteiger partial charge in [-0.3, -0.25) is 13.9 Å². The molecule has 0 aliphatic heterocycles. The molecule has 2 rings (SSSR count). The van der Waals surface area contributed by atoms with E-state index in [4.69, 9.17) is 0 Å². The van der Waals surface area contributed by atoms with Crippen LogP contribution in [0, 0.1) is 10.5 Å². The summed E-state index contributed by atoms with van der Waals surface area (Å²) in [6.07, 6.45) is 1.61. The molecule has 0 saturated heterocycles. The first-order valence-corrected chi connectivity index (χ1v) is 7.16. The minimum atomic E-state index is -0.254. The summed E-state index contributed by atoms with van der Waals surface area (Å²) in [4.78, 5) is 24.3. The highest BCUT2D eigenvalue weighted by Crippen LogP contribution is 2.07. The molecule has 2 aromatic rings. The van der Waals surface area contributed by atoms with Crippen LogP contribution >= 0.6 is 22.6 Å². The molecule has 0 spiro atoms. The van der Waals surface area contributed by atoms with Gasteiger partial charge < -0.3 is 0 Å². The van der Waals surface area contributed by atoms with Crippen molar-refractivity contribution in [2.75, 3.05) is 0 Å². The highest BCUT2D eigenvalue weighted by Gasteiger charge is 2.10. The second-order valence-corrected chi connectivity index (χ2v) is 5.53. The Bertz CT molecular complexity index is 716. The lowest BCUT2D eigenvalue weighted by atomic mass is 10.1. The van der Waals surface area contributed by atoms with Gasteiger partial charge in [0.2, 0.25) is 0 Å². The summed E-state index contributed by atoms with van der Waals surface area (Å²) in [6, 6.07) is 7.78. The van der Waals surface area contributed by atoms with Crippen molar-refractivity contribution in [1.29, 1.82) is 0 Å². The monoisotopic (exact) mass is 370 g/mol. The van der Waals surface area contributed by atoms with Crippen LogP contribution in [0.4, 0.5) is 0 Å². The zero-order valence-electron chi connectivity index (χ0n) is 10.9. The third-order valence-corrected chi connectivity index (χ3v) is 3.87. The molecule has 0 fully saturated rings. The number of aromatic nitrogens is 2. The molecule has 0 atom stereocenters. The lowest BCUT2D eigenvalue weighted by Crippen LogP contribution is -2.41. The topological polar surface area (TPSA) is 44.0 Å². The maximum absolute atomic E-state index is 12.2. The Morgan fingerprint density at radius 3 is 2.53 bits per heavy atom. The molecule has 0 aliphatic rings. The van der Waals surface area contributed by atoms with Crippen molar-refractivity contribution >= 4 is 22.6 Å². The van der Waals surface area contributed by atoms with Gasteiger partial charge in [0.1, 0.15) is 0 Å². The molecule has 100 valence electrons. The fourth-order valence-corrected chi connectivity index (χ4v) is 2.57. The number of hydrogen-bond acceptors (Lipinski definition) is 2. The van der Waals surface area contributed by atoms with E-state index < -0.39 is 0 Å². The molecule has 5 heteroatoms. The molecule has 0 radical (unpaired) electrons. The van der Waals surface area contributed by atoms with Gasteiger partial charge >= 0.3 is 5.69 Å². The fraction of sp³-hybridized carbons (Fsp3) is 0.286. The fourth-order valence-electron chi connectivity index (χ4n) is 1.94. The highest BCUT2D eigenvalue weighted by atomic mass is 127. The highest BCUT2D eigenvalue weighted by molar-refractivity contribution is 14.1. The zero-order chi connectivity index (χ0) is 14.0. The van der Waals surface area contributed by atoms with Crippen LogP contribution in [-0.2, 0) is 13.1 Å². The third kappa shape index (κ3) is 2.80. The van der Waals surface area contributed by atoms with Crippen LogP contribution in [0.5, 0.6) is 0 Å². The Balaban J connectivity index is 2.58. The predicted molar refractivity (Wildman–Crippen MR) is 83.6 cm³/mol. The molecular formula is C14H15IN2O2. The maximum Gasteiger partial charge on any atom is 0.331 e. The van der Waals surface area contributed by atoms with Crippen LogP contribution in [0.3, 0.4) is 0 Å². The molecule has 1 aromatic carbocycles. The number of nitrogens with zero attached hydrogens (tertiary/aromatic N) is 2. The molecule has 0 N–H and O–H groups in total. The Morgan fingerprint density at radius 2 is 1.89 bits per heavy atom. The third-order valence-electron chi connectivity index (χ3n) is 3.13. The summed E-state index contributed by atoms with van der Waals surface area (Å²) >= 11 is 1.97. The standard InChI is InChI=1S/C14H15IN2O2/c1-3-16-9-12(15)13(18)17(14(16)19)8-11-7-5-4-6-10(11)2/h4-7,9H,3,8H2,1-2H3. The average Bonchev–Trinajstić information content (AvgIpc) is 2.41. The van der Waals surface area contributed by atoms with Crippen molar-refractivity contribution < 1.29 is 0 Å². The van der Waals surface area contributed by atoms with Gasteiger partial charge in [-0.1, -0.05) is 24.3 Å². The number of hydrogen-bond donors (Lipinski definition) is 0. The predicted octanol–water partition coefficient (Wildman–Crippen LogP) is 1.99. The van der Waals surface area contributed by atoms with Crippen LogP contribution in [0.25, 0.3) is 0 Å². The number of benzene rings is 1. The van der Waals surface area contributed by atoms with Crippen molar-refractivity contribution in [2.45, 2.75) is 26.9 Å². The summed E-state index contributed by atoms with van der Waals surface area (Å²) in [5.41, 5.74) is 1.59. The molecule has 1 aromatic heterocycles. The van der Waals surface area contributed by atoms with Gasteiger partial charge in [-0.25, -0.2) is 4.79 Å². The number of aryl methyl sites for hydroxylation is 2. The summed E-state index contributed by atoms with van der Waals surface area (Å²) in [7, 11) is 0. The SMILES string of the molecule is CCn1cc(I)c(=O)n(Cc2ccccc2C)c1=O. The van der Waals surface area contributed by atoms with Gasteiger partial charge in [0, 0.05) is 12.7 Å². The Kier molecular flexibility index (Phi) is 4.24. The first kappa shape index (κ1) is 14.0. The molecule has 0 aliphatic carbocycles. The minimum Gasteiger partial charge on any atom is -0.300 e. The van der Waals surface area contributed by atoms with Gasteiger partial charge in [-0.15, -0.1) is 0 Å². The Morgan fingerprint density at radius 1 is 1.21 bits per heavy atom. The molecular weight excluding hydrogens is 355 g/mol. The van der Waals surface area contributed by atoms with Gasteiger partial charge in [0.25, 0.3) is 5.56 Å². The van der Waals surface area contributed by atoms with E-state index in [2.05, 4.69) is 0 Å². The van der Waals surface area contributed by atoms with Gasteiger partial charge in [0.05, 0.1) is 10.1 Å². The van der Waals surface area contributed by atoms with E-state index in [1.54, 1.807) is 10.8 Å². The zero-order valence-corrected chi connectivity index (χ0v) is 13.0. The Labute approximate surface area is 124 Å². The molecule has 0 bridgehead atoms. The van der Waals surface area contributed by atoms with E-state index in [9.17, 15) is 9.59 Å². The maximum atomic E-state index is 12.2.